The second-order valence-electron chi connectivity index (χ2n) is 11.8. The Morgan fingerprint density at radius 2 is 1.82 bits per heavy atom. The maximum absolute atomic E-state index is 12.4. The van der Waals surface area contributed by atoms with Gasteiger partial charge in [0.25, 0.3) is 0 Å². The molecule has 0 spiro atoms. The van der Waals surface area contributed by atoms with Gasteiger partial charge in [-0.3, -0.25) is 0 Å². The number of carbonyl (C=O) groups is 1. The molecule has 7 rings (SSSR count). The van der Waals surface area contributed by atoms with Crippen LogP contribution in [0.3, 0.4) is 0 Å². The summed E-state index contributed by atoms with van der Waals surface area (Å²) in [5.41, 5.74) is 6.09. The van der Waals surface area contributed by atoms with Crippen LogP contribution in [0.2, 0.25) is 0 Å². The molecule has 4 aromatic rings. The normalized spacial score (nSPS) is 17.5. The number of thiophene rings is 1. The van der Waals surface area contributed by atoms with E-state index in [0.717, 1.165) is 64.4 Å². The summed E-state index contributed by atoms with van der Waals surface area (Å²) in [5.74, 6) is 0.863. The number of aromatic carboxylic acids is 1. The van der Waals surface area contributed by atoms with Crippen LogP contribution in [0.25, 0.3) is 21.5 Å². The zero-order valence-corrected chi connectivity index (χ0v) is 26.3. The smallest absolute Gasteiger partial charge is 0.345 e. The van der Waals surface area contributed by atoms with Crippen molar-refractivity contribution in [2.24, 2.45) is 0 Å². The lowest BCUT2D eigenvalue weighted by atomic mass is 9.83. The number of ether oxygens (including phenoxy) is 3. The van der Waals surface area contributed by atoms with Gasteiger partial charge in [0.15, 0.2) is 9.84 Å². The van der Waals surface area contributed by atoms with Crippen molar-refractivity contribution in [2.75, 3.05) is 44.1 Å². The van der Waals surface area contributed by atoms with E-state index in [1.54, 1.807) is 12.1 Å². The maximum Gasteiger partial charge on any atom is 0.345 e. The molecule has 9 nitrogen and oxygen atoms in total. The van der Waals surface area contributed by atoms with Crippen LogP contribution >= 0.6 is 11.3 Å². The van der Waals surface area contributed by atoms with Gasteiger partial charge in [-0.15, -0.1) is 11.3 Å². The first-order valence-electron chi connectivity index (χ1n) is 15.2. The number of carboxylic acids is 1. The lowest BCUT2D eigenvalue weighted by Gasteiger charge is -2.30. The highest BCUT2D eigenvalue weighted by Gasteiger charge is 2.31. The number of anilines is 1. The predicted molar refractivity (Wildman–Crippen MR) is 170 cm³/mol. The zero-order valence-electron chi connectivity index (χ0n) is 24.7. The third kappa shape index (κ3) is 5.46. The van der Waals surface area contributed by atoms with Gasteiger partial charge in [-0.1, -0.05) is 19.3 Å². The number of carboxylic acid groups (broad SMARTS) is 1. The molecule has 3 aliphatic rings. The lowest BCUT2D eigenvalue weighted by molar-refractivity contribution is 0.0702. The molecular formula is C33H36N2O7S2. The van der Waals surface area contributed by atoms with Gasteiger partial charge in [0, 0.05) is 42.2 Å². The summed E-state index contributed by atoms with van der Waals surface area (Å²) in [4.78, 5) is 14.7. The van der Waals surface area contributed by atoms with Gasteiger partial charge in [-0.25, -0.2) is 13.2 Å². The Morgan fingerprint density at radius 3 is 2.57 bits per heavy atom. The summed E-state index contributed by atoms with van der Waals surface area (Å²) < 4.78 is 46.2. The third-order valence-corrected chi connectivity index (χ3v) is 11.3. The molecule has 0 radical (unpaired) electrons. The van der Waals surface area contributed by atoms with Crippen LogP contribution in [-0.4, -0.2) is 63.2 Å². The molecule has 2 aromatic heterocycles. The number of nitrogens with zero attached hydrogens (tertiary/aromatic N) is 2. The fourth-order valence-corrected chi connectivity index (χ4v) is 8.68. The number of benzene rings is 2. The van der Waals surface area contributed by atoms with E-state index >= 15 is 0 Å². The molecule has 232 valence electrons. The van der Waals surface area contributed by atoms with Gasteiger partial charge in [0.2, 0.25) is 0 Å². The number of hydrogen-bond acceptors (Lipinski definition) is 8. The summed E-state index contributed by atoms with van der Waals surface area (Å²) in [6.07, 6.45) is 7.01. The molecule has 0 amide bonds. The Kier molecular flexibility index (Phi) is 7.80. The average molecular weight is 637 g/mol. The summed E-state index contributed by atoms with van der Waals surface area (Å²) >= 11 is 1.38. The van der Waals surface area contributed by atoms with E-state index in [9.17, 15) is 18.3 Å². The lowest BCUT2D eigenvalue weighted by Crippen LogP contribution is -2.36. The quantitative estimate of drug-likeness (QED) is 0.251. The molecule has 1 saturated carbocycles. The van der Waals surface area contributed by atoms with Crippen LogP contribution in [0.1, 0.15) is 58.8 Å². The molecule has 1 N–H and O–H groups in total. The molecule has 2 fully saturated rings. The summed E-state index contributed by atoms with van der Waals surface area (Å²) in [6.45, 7) is 3.98. The number of fused-ring (bicyclic) bond motifs is 5. The molecule has 0 bridgehead atoms. The standard InChI is InChI=1S/C33H36N2O7S2/c1-44(38,39)24-8-10-26(34-11-14-40-15-12-34)22(17-24)20-42-23-7-9-25-28(18-23)41-16-13-35-27-19-29(33(36)37)43-32(27)30(31(25)35)21-5-3-2-4-6-21/h7-10,17-19,21H,2-6,11-16,20H2,1H3,(H,36,37). The highest BCUT2D eigenvalue weighted by Crippen LogP contribution is 2.49. The number of aromatic nitrogens is 1. The van der Waals surface area contributed by atoms with E-state index in [1.807, 2.05) is 30.3 Å². The minimum absolute atomic E-state index is 0.201. The van der Waals surface area contributed by atoms with Gasteiger partial charge < -0.3 is 28.8 Å². The minimum atomic E-state index is -3.38. The van der Waals surface area contributed by atoms with Crippen molar-refractivity contribution >= 4 is 43.0 Å². The van der Waals surface area contributed by atoms with Crippen LogP contribution < -0.4 is 14.4 Å². The molecular weight excluding hydrogens is 601 g/mol. The maximum atomic E-state index is 12.4. The monoisotopic (exact) mass is 636 g/mol. The van der Waals surface area contributed by atoms with E-state index in [0.29, 0.717) is 42.9 Å². The van der Waals surface area contributed by atoms with E-state index in [2.05, 4.69) is 9.47 Å². The SMILES string of the molecule is CS(=O)(=O)c1ccc(N2CCOCC2)c(COc2ccc3c(c2)OCCn2c-3c(C3CCCCC3)c3sc(C(=O)O)cc32)c1. The van der Waals surface area contributed by atoms with Gasteiger partial charge >= 0.3 is 5.97 Å². The molecule has 44 heavy (non-hydrogen) atoms. The fraction of sp³-hybridized carbons (Fsp3) is 0.424. The van der Waals surface area contributed by atoms with Crippen LogP contribution in [0.15, 0.2) is 47.4 Å². The van der Waals surface area contributed by atoms with Gasteiger partial charge in [-0.2, -0.15) is 0 Å². The summed E-state index contributed by atoms with van der Waals surface area (Å²) in [6, 6.07) is 13.0. The molecule has 11 heteroatoms. The van der Waals surface area contributed by atoms with Crippen LogP contribution in [-0.2, 0) is 27.7 Å². The number of sulfone groups is 1. The van der Waals surface area contributed by atoms with Gasteiger partial charge in [0.05, 0.1) is 40.6 Å². The van der Waals surface area contributed by atoms with Crippen molar-refractivity contribution in [3.63, 3.8) is 0 Å². The Bertz CT molecular complexity index is 1830. The van der Waals surface area contributed by atoms with Crippen LogP contribution in [0, 0.1) is 0 Å². The Labute approximate surface area is 260 Å². The van der Waals surface area contributed by atoms with E-state index in [1.165, 1.54) is 42.4 Å². The van der Waals surface area contributed by atoms with Crippen LogP contribution in [0.5, 0.6) is 11.5 Å². The minimum Gasteiger partial charge on any atom is -0.491 e. The largest absolute Gasteiger partial charge is 0.491 e. The van der Waals surface area contributed by atoms with Crippen molar-refractivity contribution in [3.05, 3.63) is 58.5 Å². The zero-order chi connectivity index (χ0) is 30.4. The van der Waals surface area contributed by atoms with Crippen molar-refractivity contribution in [1.82, 2.24) is 4.57 Å². The van der Waals surface area contributed by atoms with Gasteiger partial charge in [0.1, 0.15) is 29.6 Å². The van der Waals surface area contributed by atoms with Gasteiger partial charge in [-0.05, 0) is 60.7 Å². The summed E-state index contributed by atoms with van der Waals surface area (Å²) in [7, 11) is -3.38. The Balaban J connectivity index is 1.24. The van der Waals surface area contributed by atoms with Crippen molar-refractivity contribution < 1.29 is 32.5 Å². The molecule has 2 aromatic carbocycles. The second-order valence-corrected chi connectivity index (χ2v) is 14.9. The first-order chi connectivity index (χ1) is 21.3. The fourth-order valence-electron chi connectivity index (χ4n) is 6.88. The van der Waals surface area contributed by atoms with Crippen molar-refractivity contribution in [3.8, 4) is 22.8 Å². The van der Waals surface area contributed by atoms with E-state index in [-0.39, 0.29) is 11.5 Å². The molecule has 1 aliphatic carbocycles. The van der Waals surface area contributed by atoms with E-state index in [4.69, 9.17) is 14.2 Å². The second kappa shape index (κ2) is 11.8. The highest BCUT2D eigenvalue weighted by atomic mass is 32.2. The first kappa shape index (κ1) is 29.2. The van der Waals surface area contributed by atoms with Crippen molar-refractivity contribution in [1.29, 1.82) is 0 Å². The average Bonchev–Trinajstić information content (AvgIpc) is 3.52. The first-order valence-corrected chi connectivity index (χ1v) is 17.9. The van der Waals surface area contributed by atoms with Crippen molar-refractivity contribution in [2.45, 2.75) is 56.1 Å². The molecule has 2 aliphatic heterocycles. The molecule has 0 atom stereocenters. The third-order valence-electron chi connectivity index (χ3n) is 9.00. The number of morpholine rings is 1. The Hall–Kier alpha value is -3.54. The highest BCUT2D eigenvalue weighted by molar-refractivity contribution is 7.90. The Morgan fingerprint density at radius 1 is 1.02 bits per heavy atom. The molecule has 0 unspecified atom stereocenters. The topological polar surface area (TPSA) is 107 Å². The molecule has 4 heterocycles. The van der Waals surface area contributed by atoms with E-state index < -0.39 is 15.8 Å². The summed E-state index contributed by atoms with van der Waals surface area (Å²) in [5, 5.41) is 9.76. The number of hydrogen-bond donors (Lipinski definition) is 1. The molecule has 1 saturated heterocycles. The van der Waals surface area contributed by atoms with Crippen LogP contribution in [0.4, 0.5) is 5.69 Å². The number of rotatable bonds is 7. The predicted octanol–water partition coefficient (Wildman–Crippen LogP) is 6.33.